The Hall–Kier alpha value is -1.98. The molecule has 0 aromatic rings. The maximum atomic E-state index is 11.1. The van der Waals surface area contributed by atoms with Crippen molar-refractivity contribution in [2.75, 3.05) is 11.5 Å². The van der Waals surface area contributed by atoms with E-state index in [0.717, 1.165) is 12.8 Å². The zero-order valence-electron chi connectivity index (χ0n) is 13.5. The molecule has 0 bridgehead atoms. The minimum Gasteiger partial charge on any atom is -0.615 e. The summed E-state index contributed by atoms with van der Waals surface area (Å²) in [4.78, 5) is 10.3. The third-order valence-corrected chi connectivity index (χ3v) is 3.49. The summed E-state index contributed by atoms with van der Waals surface area (Å²) in [5.41, 5.74) is 0. The minimum absolute atomic E-state index is 0.0741. The molecule has 0 saturated carbocycles. The van der Waals surface area contributed by atoms with Crippen molar-refractivity contribution in [1.82, 2.24) is 0 Å². The maximum absolute atomic E-state index is 11.1. The molecule has 0 heterocycles. The van der Waals surface area contributed by atoms with E-state index in [2.05, 4.69) is 54.3 Å². The number of carboxylic acids is 1. The lowest BCUT2D eigenvalue weighted by atomic mass is 10.2. The Labute approximate surface area is 142 Å². The minimum atomic E-state index is -1.42. The second-order valence-corrected chi connectivity index (χ2v) is 5.98. The highest BCUT2D eigenvalue weighted by atomic mass is 32.2. The zero-order chi connectivity index (χ0) is 17.2. The summed E-state index contributed by atoms with van der Waals surface area (Å²) in [5, 5.41) is 8.42. The van der Waals surface area contributed by atoms with Gasteiger partial charge < -0.3 is 9.66 Å². The number of carbonyl (C=O) groups is 1. The van der Waals surface area contributed by atoms with Gasteiger partial charge in [0.25, 0.3) is 0 Å². The largest absolute Gasteiger partial charge is 0.615 e. The van der Waals surface area contributed by atoms with Crippen LogP contribution in [-0.4, -0.2) is 27.1 Å². The topological polar surface area (TPSA) is 60.4 Å². The first-order valence-corrected chi connectivity index (χ1v) is 9.05. The van der Waals surface area contributed by atoms with Crippen LogP contribution in [0.1, 0.15) is 51.9 Å². The van der Waals surface area contributed by atoms with Crippen LogP contribution in [0.15, 0.2) is 0 Å². The Morgan fingerprint density at radius 3 is 1.96 bits per heavy atom. The smallest absolute Gasteiger partial charge is 0.353 e. The first kappa shape index (κ1) is 21.0. The van der Waals surface area contributed by atoms with E-state index in [0.29, 0.717) is 19.3 Å². The molecule has 0 aliphatic rings. The zero-order valence-corrected chi connectivity index (χ0v) is 14.4. The van der Waals surface area contributed by atoms with E-state index in [1.165, 1.54) is 12.8 Å². The van der Waals surface area contributed by atoms with Gasteiger partial charge in [-0.15, -0.1) is 5.92 Å². The molecule has 0 radical (unpaired) electrons. The van der Waals surface area contributed by atoms with Crippen molar-refractivity contribution >= 4 is 17.1 Å². The summed E-state index contributed by atoms with van der Waals surface area (Å²) in [6.45, 7) is 2.17. The van der Waals surface area contributed by atoms with E-state index in [-0.39, 0.29) is 11.5 Å². The van der Waals surface area contributed by atoms with Gasteiger partial charge in [0.1, 0.15) is 0 Å². The third-order valence-electron chi connectivity index (χ3n) is 2.45. The van der Waals surface area contributed by atoms with Gasteiger partial charge in [0.15, 0.2) is 5.75 Å². The molecule has 0 aliphatic carbocycles. The fourth-order valence-electron chi connectivity index (χ4n) is 1.38. The summed E-state index contributed by atoms with van der Waals surface area (Å²) in [5.74, 6) is 21.8. The molecule has 0 spiro atoms. The highest BCUT2D eigenvalue weighted by Gasteiger charge is 2.08. The number of hydrogen-bond acceptors (Lipinski definition) is 2. The number of hydrogen-bond donors (Lipinski definition) is 1. The molecular formula is C19H22O3S. The SMILES string of the molecule is CCCCCC#CCC#CCC#CCC#CC[S+]([O-])CC(=O)O. The average molecular weight is 330 g/mol. The van der Waals surface area contributed by atoms with Gasteiger partial charge in [-0.05, 0) is 23.5 Å². The summed E-state index contributed by atoms with van der Waals surface area (Å²) in [6, 6.07) is 0. The quantitative estimate of drug-likeness (QED) is 0.463. The number of unbranched alkanes of at least 4 members (excludes halogenated alkanes) is 3. The van der Waals surface area contributed by atoms with Crippen LogP contribution in [0, 0.1) is 47.4 Å². The molecule has 122 valence electrons. The lowest BCUT2D eigenvalue weighted by molar-refractivity contribution is -0.134. The van der Waals surface area contributed by atoms with Gasteiger partial charge in [-0.3, -0.25) is 0 Å². The van der Waals surface area contributed by atoms with Gasteiger partial charge in [0.2, 0.25) is 5.75 Å². The molecule has 0 rings (SSSR count). The van der Waals surface area contributed by atoms with Crippen LogP contribution >= 0.6 is 0 Å². The van der Waals surface area contributed by atoms with Gasteiger partial charge in [-0.2, -0.15) is 0 Å². The molecule has 4 heteroatoms. The van der Waals surface area contributed by atoms with Crippen molar-refractivity contribution < 1.29 is 14.5 Å². The molecular weight excluding hydrogens is 308 g/mol. The Morgan fingerprint density at radius 2 is 1.43 bits per heavy atom. The number of aliphatic carboxylic acids is 1. The highest BCUT2D eigenvalue weighted by Crippen LogP contribution is 1.96. The summed E-state index contributed by atoms with van der Waals surface area (Å²) < 4.78 is 11.1. The van der Waals surface area contributed by atoms with Crippen LogP contribution in [-0.2, 0) is 16.0 Å². The van der Waals surface area contributed by atoms with E-state index in [1.54, 1.807) is 0 Å². The number of rotatable bonds is 6. The molecule has 0 aliphatic heterocycles. The van der Waals surface area contributed by atoms with Crippen LogP contribution in [0.3, 0.4) is 0 Å². The van der Waals surface area contributed by atoms with E-state index in [9.17, 15) is 9.35 Å². The fraction of sp³-hybridized carbons (Fsp3) is 0.526. The Morgan fingerprint density at radius 1 is 0.913 bits per heavy atom. The predicted octanol–water partition coefficient (Wildman–Crippen LogP) is 2.58. The Balaban J connectivity index is 3.71. The van der Waals surface area contributed by atoms with Gasteiger partial charge in [0, 0.05) is 6.42 Å². The first-order chi connectivity index (χ1) is 11.2. The van der Waals surface area contributed by atoms with Gasteiger partial charge in [-0.1, -0.05) is 55.3 Å². The lowest BCUT2D eigenvalue weighted by Gasteiger charge is -2.02. The molecule has 0 aromatic heterocycles. The molecule has 1 atom stereocenters. The molecule has 0 amide bonds. The molecule has 23 heavy (non-hydrogen) atoms. The van der Waals surface area contributed by atoms with Crippen LogP contribution in [0.2, 0.25) is 0 Å². The second-order valence-electron chi connectivity index (χ2n) is 4.52. The van der Waals surface area contributed by atoms with E-state index in [4.69, 9.17) is 5.11 Å². The normalized spacial score (nSPS) is 9.65. The predicted molar refractivity (Wildman–Crippen MR) is 94.6 cm³/mol. The first-order valence-electron chi connectivity index (χ1n) is 7.56. The van der Waals surface area contributed by atoms with Crippen LogP contribution in [0.4, 0.5) is 0 Å². The lowest BCUT2D eigenvalue weighted by Crippen LogP contribution is -2.17. The maximum Gasteiger partial charge on any atom is 0.353 e. The molecule has 0 saturated heterocycles. The van der Waals surface area contributed by atoms with Crippen molar-refractivity contribution in [3.8, 4) is 47.4 Å². The number of carboxylic acid groups (broad SMARTS) is 1. The van der Waals surface area contributed by atoms with E-state index < -0.39 is 17.1 Å². The summed E-state index contributed by atoms with van der Waals surface area (Å²) >= 11 is -1.42. The molecule has 0 aromatic carbocycles. The van der Waals surface area contributed by atoms with Gasteiger partial charge >= 0.3 is 5.97 Å². The standard InChI is InChI=1S/C19H22O3S/c1-2-3-4-5-6-7-8-9-10-11-12-13-14-15-16-17-23(22)18-19(20)21/h2-5,8,11,14,17-18H2,1H3,(H,20,21). The summed E-state index contributed by atoms with van der Waals surface area (Å²) in [6.07, 6.45) is 6.01. The molecule has 1 N–H and O–H groups in total. The van der Waals surface area contributed by atoms with Crippen molar-refractivity contribution in [2.45, 2.75) is 51.9 Å². The highest BCUT2D eigenvalue weighted by molar-refractivity contribution is 7.92. The second kappa shape index (κ2) is 16.4. The van der Waals surface area contributed by atoms with Gasteiger partial charge in [-0.25, -0.2) is 4.79 Å². The molecule has 3 nitrogen and oxygen atoms in total. The van der Waals surface area contributed by atoms with Crippen LogP contribution in [0.5, 0.6) is 0 Å². The van der Waals surface area contributed by atoms with Crippen LogP contribution in [0.25, 0.3) is 0 Å². The Kier molecular flexibility index (Phi) is 15.0. The van der Waals surface area contributed by atoms with Crippen LogP contribution < -0.4 is 0 Å². The van der Waals surface area contributed by atoms with Crippen molar-refractivity contribution in [1.29, 1.82) is 0 Å². The van der Waals surface area contributed by atoms with E-state index >= 15 is 0 Å². The Bertz CT molecular complexity index is 579. The summed E-state index contributed by atoms with van der Waals surface area (Å²) in [7, 11) is 0. The average Bonchev–Trinajstić information content (AvgIpc) is 2.50. The van der Waals surface area contributed by atoms with E-state index in [1.807, 2.05) is 0 Å². The molecule has 1 unspecified atom stereocenters. The van der Waals surface area contributed by atoms with Crippen molar-refractivity contribution in [3.63, 3.8) is 0 Å². The fourth-order valence-corrected chi connectivity index (χ4v) is 2.02. The third kappa shape index (κ3) is 18.0. The van der Waals surface area contributed by atoms with Crippen molar-refractivity contribution in [2.24, 2.45) is 0 Å². The monoisotopic (exact) mass is 330 g/mol. The van der Waals surface area contributed by atoms with Crippen molar-refractivity contribution in [3.05, 3.63) is 0 Å². The molecule has 0 fully saturated rings. The van der Waals surface area contributed by atoms with Gasteiger partial charge in [0.05, 0.1) is 19.3 Å².